The largest absolute Gasteiger partial charge is 0.384 e. The number of nitrogens with one attached hydrogen (secondary N) is 1. The van der Waals surface area contributed by atoms with Crippen molar-refractivity contribution in [2.45, 2.75) is 45.1 Å². The first-order valence-corrected chi connectivity index (χ1v) is 8.28. The molecule has 108 valence electrons. The third kappa shape index (κ3) is 2.14. The van der Waals surface area contributed by atoms with Gasteiger partial charge in [0.15, 0.2) is 0 Å². The average molecular weight is 270 g/mol. The molecule has 0 radical (unpaired) electrons. The van der Waals surface area contributed by atoms with E-state index in [2.05, 4.69) is 29.6 Å². The normalized spacial score (nSPS) is 38.1. The molecule has 0 heterocycles. The molecule has 1 aromatic rings. The first-order valence-electron chi connectivity index (χ1n) is 8.28. The van der Waals surface area contributed by atoms with Crippen LogP contribution in [-0.4, -0.2) is 6.54 Å². The zero-order chi connectivity index (χ0) is 13.6. The monoisotopic (exact) mass is 270 g/mol. The third-order valence-corrected chi connectivity index (χ3v) is 6.06. The second-order valence-electron chi connectivity index (χ2n) is 7.63. The second-order valence-corrected chi connectivity index (χ2v) is 7.63. The summed E-state index contributed by atoms with van der Waals surface area (Å²) in [6.45, 7) is 1.79. The van der Waals surface area contributed by atoms with Gasteiger partial charge in [-0.1, -0.05) is 18.2 Å². The number of hydrogen-bond donors (Lipinski definition) is 2. The van der Waals surface area contributed by atoms with Crippen molar-refractivity contribution < 1.29 is 0 Å². The zero-order valence-electron chi connectivity index (χ0n) is 12.3. The summed E-state index contributed by atoms with van der Waals surface area (Å²) in [5.74, 6) is 3.11. The summed E-state index contributed by atoms with van der Waals surface area (Å²) >= 11 is 0. The SMILES string of the molecule is NCc1ccccc1NCC12CC3CC(CC(C3)C1)C2. The topological polar surface area (TPSA) is 38.0 Å². The van der Waals surface area contributed by atoms with Gasteiger partial charge in [0.1, 0.15) is 0 Å². The smallest absolute Gasteiger partial charge is 0.0385 e. The van der Waals surface area contributed by atoms with Crippen LogP contribution >= 0.6 is 0 Å². The molecule has 4 aliphatic rings. The van der Waals surface area contributed by atoms with Crippen molar-refractivity contribution >= 4 is 5.69 Å². The van der Waals surface area contributed by atoms with E-state index in [1.807, 2.05) is 0 Å². The van der Waals surface area contributed by atoms with Gasteiger partial charge in [-0.3, -0.25) is 0 Å². The van der Waals surface area contributed by atoms with Gasteiger partial charge in [-0.25, -0.2) is 0 Å². The maximum absolute atomic E-state index is 5.85. The van der Waals surface area contributed by atoms with Crippen LogP contribution in [0.3, 0.4) is 0 Å². The Morgan fingerprint density at radius 3 is 2.20 bits per heavy atom. The maximum atomic E-state index is 5.85. The molecule has 0 atom stereocenters. The van der Waals surface area contributed by atoms with E-state index in [0.717, 1.165) is 24.3 Å². The molecule has 5 rings (SSSR count). The Bertz CT molecular complexity index is 459. The molecule has 20 heavy (non-hydrogen) atoms. The molecule has 0 unspecified atom stereocenters. The molecule has 3 N–H and O–H groups in total. The van der Waals surface area contributed by atoms with Crippen molar-refractivity contribution in [3.05, 3.63) is 29.8 Å². The van der Waals surface area contributed by atoms with Crippen molar-refractivity contribution in [2.24, 2.45) is 28.9 Å². The first kappa shape index (κ1) is 12.7. The Balaban J connectivity index is 1.49. The minimum Gasteiger partial charge on any atom is -0.384 e. The fraction of sp³-hybridized carbons (Fsp3) is 0.667. The molecule has 2 heteroatoms. The quantitative estimate of drug-likeness (QED) is 0.874. The van der Waals surface area contributed by atoms with Crippen LogP contribution in [0.4, 0.5) is 5.69 Å². The predicted octanol–water partition coefficient (Wildman–Crippen LogP) is 3.77. The first-order chi connectivity index (χ1) is 9.76. The van der Waals surface area contributed by atoms with Crippen LogP contribution in [0.15, 0.2) is 24.3 Å². The van der Waals surface area contributed by atoms with E-state index in [-0.39, 0.29) is 0 Å². The Labute approximate surface area is 122 Å². The van der Waals surface area contributed by atoms with Crippen LogP contribution in [0.25, 0.3) is 0 Å². The van der Waals surface area contributed by atoms with E-state index in [9.17, 15) is 0 Å². The lowest BCUT2D eigenvalue weighted by molar-refractivity contribution is -0.0444. The second kappa shape index (κ2) is 4.77. The molecular formula is C18H26N2. The van der Waals surface area contributed by atoms with Crippen molar-refractivity contribution in [3.8, 4) is 0 Å². The van der Waals surface area contributed by atoms with E-state index in [1.54, 1.807) is 0 Å². The number of anilines is 1. The lowest BCUT2D eigenvalue weighted by Gasteiger charge is -2.57. The van der Waals surface area contributed by atoms with Crippen LogP contribution in [0, 0.1) is 23.2 Å². The highest BCUT2D eigenvalue weighted by Crippen LogP contribution is 2.59. The number of nitrogens with two attached hydrogens (primary N) is 1. The van der Waals surface area contributed by atoms with E-state index in [0.29, 0.717) is 12.0 Å². The molecule has 4 fully saturated rings. The molecule has 0 amide bonds. The van der Waals surface area contributed by atoms with Crippen LogP contribution in [0.2, 0.25) is 0 Å². The molecule has 0 saturated heterocycles. The van der Waals surface area contributed by atoms with Gasteiger partial charge in [0.2, 0.25) is 0 Å². The van der Waals surface area contributed by atoms with Gasteiger partial charge < -0.3 is 11.1 Å². The number of rotatable bonds is 4. The van der Waals surface area contributed by atoms with Gasteiger partial charge in [-0.15, -0.1) is 0 Å². The summed E-state index contributed by atoms with van der Waals surface area (Å²) in [7, 11) is 0. The highest BCUT2D eigenvalue weighted by Gasteiger charge is 2.50. The van der Waals surface area contributed by atoms with E-state index in [4.69, 9.17) is 5.73 Å². The Kier molecular flexibility index (Phi) is 3.03. The van der Waals surface area contributed by atoms with Crippen molar-refractivity contribution in [1.82, 2.24) is 0 Å². The zero-order valence-corrected chi connectivity index (χ0v) is 12.3. The standard InChI is InChI=1S/C18H26N2/c19-11-16-3-1-2-4-17(16)20-12-18-8-13-5-14(9-18)7-15(6-13)10-18/h1-4,13-15,20H,5-12,19H2. The number of hydrogen-bond acceptors (Lipinski definition) is 2. The van der Waals surface area contributed by atoms with Gasteiger partial charge in [-0.2, -0.15) is 0 Å². The fourth-order valence-corrected chi connectivity index (χ4v) is 5.66. The molecular weight excluding hydrogens is 244 g/mol. The maximum Gasteiger partial charge on any atom is 0.0385 e. The highest BCUT2D eigenvalue weighted by molar-refractivity contribution is 5.51. The Morgan fingerprint density at radius 1 is 1.00 bits per heavy atom. The van der Waals surface area contributed by atoms with Gasteiger partial charge in [0.25, 0.3) is 0 Å². The molecule has 0 aromatic heterocycles. The highest BCUT2D eigenvalue weighted by atomic mass is 14.9. The van der Waals surface area contributed by atoms with Gasteiger partial charge >= 0.3 is 0 Å². The summed E-state index contributed by atoms with van der Waals surface area (Å²) in [5.41, 5.74) is 8.94. The Hall–Kier alpha value is -1.02. The molecule has 4 bridgehead atoms. The molecule has 0 aliphatic heterocycles. The summed E-state index contributed by atoms with van der Waals surface area (Å²) in [5, 5.41) is 3.74. The summed E-state index contributed by atoms with van der Waals surface area (Å²) in [6, 6.07) is 8.52. The Morgan fingerprint density at radius 2 is 1.60 bits per heavy atom. The minimum absolute atomic E-state index is 0.594. The van der Waals surface area contributed by atoms with Gasteiger partial charge in [0, 0.05) is 18.8 Å². The van der Waals surface area contributed by atoms with Crippen molar-refractivity contribution in [3.63, 3.8) is 0 Å². The van der Waals surface area contributed by atoms with Crippen LogP contribution in [0.5, 0.6) is 0 Å². The molecule has 2 nitrogen and oxygen atoms in total. The van der Waals surface area contributed by atoms with Crippen molar-refractivity contribution in [1.29, 1.82) is 0 Å². The summed E-state index contributed by atoms with van der Waals surface area (Å²) in [6.07, 6.45) is 8.99. The van der Waals surface area contributed by atoms with E-state index >= 15 is 0 Å². The summed E-state index contributed by atoms with van der Waals surface area (Å²) < 4.78 is 0. The van der Waals surface area contributed by atoms with E-state index < -0.39 is 0 Å². The number of benzene rings is 1. The number of para-hydroxylation sites is 1. The lowest BCUT2D eigenvalue weighted by atomic mass is 9.49. The van der Waals surface area contributed by atoms with Crippen LogP contribution < -0.4 is 11.1 Å². The fourth-order valence-electron chi connectivity index (χ4n) is 5.66. The average Bonchev–Trinajstić information content (AvgIpc) is 2.44. The third-order valence-electron chi connectivity index (χ3n) is 6.06. The molecule has 4 saturated carbocycles. The van der Waals surface area contributed by atoms with Crippen LogP contribution in [-0.2, 0) is 6.54 Å². The molecule has 4 aliphatic carbocycles. The summed E-state index contributed by atoms with van der Waals surface area (Å²) in [4.78, 5) is 0. The minimum atomic E-state index is 0.594. The lowest BCUT2D eigenvalue weighted by Crippen LogP contribution is -2.49. The predicted molar refractivity (Wildman–Crippen MR) is 83.4 cm³/mol. The molecule has 0 spiro atoms. The molecule has 1 aromatic carbocycles. The van der Waals surface area contributed by atoms with Gasteiger partial charge in [-0.05, 0) is 73.3 Å². The van der Waals surface area contributed by atoms with Crippen LogP contribution in [0.1, 0.15) is 44.1 Å². The van der Waals surface area contributed by atoms with E-state index in [1.165, 1.54) is 49.8 Å². The van der Waals surface area contributed by atoms with Gasteiger partial charge in [0.05, 0.1) is 0 Å². The van der Waals surface area contributed by atoms with Crippen molar-refractivity contribution in [2.75, 3.05) is 11.9 Å².